The largest absolute Gasteiger partial charge is 0.379 e. The molecule has 0 unspecified atom stereocenters. The molecule has 2 N–H and O–H groups in total. The molecule has 0 atom stereocenters. The molecule has 154 valence electrons. The number of H-pyrrole nitrogens is 1. The molecule has 0 aliphatic heterocycles. The van der Waals surface area contributed by atoms with Crippen LogP contribution in [0.15, 0.2) is 29.1 Å². The minimum absolute atomic E-state index is 0.100. The molecule has 1 heterocycles. The third-order valence-electron chi connectivity index (χ3n) is 4.58. The monoisotopic (exact) mass is 397 g/mol. The number of amides is 1. The number of anilines is 1. The molecule has 0 spiro atoms. The van der Waals surface area contributed by atoms with Crippen LogP contribution >= 0.6 is 0 Å². The van der Waals surface area contributed by atoms with Crippen LogP contribution in [0.1, 0.15) is 41.3 Å². The van der Waals surface area contributed by atoms with Crippen molar-refractivity contribution in [1.82, 2.24) is 4.98 Å². The number of carbonyl (C=O) groups is 1. The van der Waals surface area contributed by atoms with Gasteiger partial charge in [-0.2, -0.15) is 5.26 Å². The number of hydrogen-bond acceptors (Lipinski definition) is 5. The van der Waals surface area contributed by atoms with Crippen LogP contribution in [-0.2, 0) is 27.3 Å². The lowest BCUT2D eigenvalue weighted by atomic mass is 9.99. The molecule has 7 heteroatoms. The van der Waals surface area contributed by atoms with Gasteiger partial charge in [-0.05, 0) is 56.0 Å². The summed E-state index contributed by atoms with van der Waals surface area (Å²) in [5, 5.41) is 12.0. The number of ether oxygens (including phenoxy) is 2. The number of aryl methyl sites for hydroxylation is 1. The van der Waals surface area contributed by atoms with Crippen LogP contribution in [-0.4, -0.2) is 30.7 Å². The quantitative estimate of drug-likeness (QED) is 0.600. The lowest BCUT2D eigenvalue weighted by Gasteiger charge is -2.11. The second kappa shape index (κ2) is 11.1. The van der Waals surface area contributed by atoms with Gasteiger partial charge in [-0.1, -0.05) is 12.1 Å². The van der Waals surface area contributed by atoms with Gasteiger partial charge in [0.15, 0.2) is 0 Å². The van der Waals surface area contributed by atoms with Crippen molar-refractivity contribution in [2.75, 3.05) is 25.1 Å². The third-order valence-corrected chi connectivity index (χ3v) is 4.58. The highest BCUT2D eigenvalue weighted by Gasteiger charge is 2.13. The van der Waals surface area contributed by atoms with E-state index in [1.165, 1.54) is 0 Å². The van der Waals surface area contributed by atoms with Gasteiger partial charge in [0.25, 0.3) is 5.56 Å². The predicted molar refractivity (Wildman–Crippen MR) is 111 cm³/mol. The van der Waals surface area contributed by atoms with Crippen molar-refractivity contribution in [3.05, 3.63) is 62.6 Å². The Kier molecular flexibility index (Phi) is 8.59. The summed E-state index contributed by atoms with van der Waals surface area (Å²) in [6, 6.07) is 9.44. The molecule has 1 aromatic carbocycles. The fourth-order valence-electron chi connectivity index (χ4n) is 3.07. The van der Waals surface area contributed by atoms with E-state index in [4.69, 9.17) is 14.7 Å². The van der Waals surface area contributed by atoms with Crippen LogP contribution in [0, 0.1) is 25.2 Å². The number of rotatable bonds is 10. The smallest absolute Gasteiger partial charge is 0.266 e. The normalized spacial score (nSPS) is 10.6. The summed E-state index contributed by atoms with van der Waals surface area (Å²) < 4.78 is 10.8. The lowest BCUT2D eigenvalue weighted by Crippen LogP contribution is -2.18. The number of nitrogens with one attached hydrogen (secondary N) is 2. The van der Waals surface area contributed by atoms with E-state index < -0.39 is 5.56 Å². The summed E-state index contributed by atoms with van der Waals surface area (Å²) in [5.74, 6) is -0.136. The number of hydrogen-bond donors (Lipinski definition) is 2. The zero-order valence-electron chi connectivity index (χ0n) is 17.1. The molecule has 7 nitrogen and oxygen atoms in total. The van der Waals surface area contributed by atoms with E-state index in [0.29, 0.717) is 49.8 Å². The van der Waals surface area contributed by atoms with E-state index >= 15 is 0 Å². The Hall–Kier alpha value is -2.95. The number of carbonyl (C=O) groups excluding carboxylic acids is 1. The zero-order chi connectivity index (χ0) is 21.2. The molecule has 0 bridgehead atoms. The first kappa shape index (κ1) is 22.3. The van der Waals surface area contributed by atoms with Gasteiger partial charge in [-0.25, -0.2) is 0 Å². The molecule has 2 rings (SSSR count). The van der Waals surface area contributed by atoms with Gasteiger partial charge in [-0.15, -0.1) is 0 Å². The zero-order valence-corrected chi connectivity index (χ0v) is 17.1. The number of benzene rings is 1. The lowest BCUT2D eigenvalue weighted by molar-refractivity contribution is -0.116. The first-order chi connectivity index (χ1) is 14.0. The van der Waals surface area contributed by atoms with Gasteiger partial charge >= 0.3 is 0 Å². The van der Waals surface area contributed by atoms with E-state index in [1.54, 1.807) is 13.8 Å². The average molecular weight is 397 g/mol. The predicted octanol–water partition coefficient (Wildman–Crippen LogP) is 2.99. The van der Waals surface area contributed by atoms with Crippen LogP contribution in [0.2, 0.25) is 0 Å². The van der Waals surface area contributed by atoms with Crippen LogP contribution in [0.4, 0.5) is 5.69 Å². The second-order valence-electron chi connectivity index (χ2n) is 6.67. The Bertz CT molecular complexity index is 944. The number of pyridine rings is 1. The van der Waals surface area contributed by atoms with Crippen LogP contribution in [0.25, 0.3) is 0 Å². The Labute approximate surface area is 170 Å². The molecule has 2 aromatic rings. The van der Waals surface area contributed by atoms with E-state index in [2.05, 4.69) is 10.3 Å². The molecule has 0 radical (unpaired) electrons. The fraction of sp³-hybridized carbons (Fsp3) is 0.409. The summed E-state index contributed by atoms with van der Waals surface area (Å²) in [6.45, 7) is 7.65. The minimum Gasteiger partial charge on any atom is -0.379 e. The molecule has 1 aromatic heterocycles. The minimum atomic E-state index is -0.393. The fourth-order valence-corrected chi connectivity index (χ4v) is 3.07. The van der Waals surface area contributed by atoms with Gasteiger partial charge in [0, 0.05) is 24.4 Å². The maximum atomic E-state index is 12.4. The molecule has 29 heavy (non-hydrogen) atoms. The summed E-state index contributed by atoms with van der Waals surface area (Å²) in [4.78, 5) is 26.9. The summed E-state index contributed by atoms with van der Waals surface area (Å²) in [5.41, 5.74) is 3.52. The Morgan fingerprint density at radius 1 is 1.24 bits per heavy atom. The molecular weight excluding hydrogens is 370 g/mol. The van der Waals surface area contributed by atoms with Crippen molar-refractivity contribution >= 4 is 11.6 Å². The number of aromatic nitrogens is 1. The summed E-state index contributed by atoms with van der Waals surface area (Å²) in [7, 11) is 0. The third kappa shape index (κ3) is 6.56. The van der Waals surface area contributed by atoms with Crippen molar-refractivity contribution in [3.8, 4) is 6.07 Å². The van der Waals surface area contributed by atoms with Crippen molar-refractivity contribution in [3.63, 3.8) is 0 Å². The molecule has 0 fully saturated rings. The van der Waals surface area contributed by atoms with Gasteiger partial charge in [-0.3, -0.25) is 9.59 Å². The van der Waals surface area contributed by atoms with E-state index in [1.807, 2.05) is 37.3 Å². The Balaban J connectivity index is 1.93. The first-order valence-corrected chi connectivity index (χ1v) is 9.63. The average Bonchev–Trinajstić information content (AvgIpc) is 2.68. The molecule has 0 aliphatic rings. The summed E-state index contributed by atoms with van der Waals surface area (Å²) >= 11 is 0. The van der Waals surface area contributed by atoms with E-state index in [0.717, 1.165) is 11.1 Å². The topological polar surface area (TPSA) is 104 Å². The maximum absolute atomic E-state index is 12.4. The standard InChI is InChI=1S/C22H27N3O4/c1-4-28-10-11-29-14-17-6-5-7-18(12-17)25-21(26)9-8-19-15(2)20(13-23)22(27)24-16(19)3/h5-7,12H,4,8-11,14H2,1-3H3,(H,24,27)(H,25,26). The van der Waals surface area contributed by atoms with E-state index in [-0.39, 0.29) is 17.9 Å². The van der Waals surface area contributed by atoms with Crippen molar-refractivity contribution in [1.29, 1.82) is 5.26 Å². The molecule has 0 saturated heterocycles. The number of aromatic amines is 1. The van der Waals surface area contributed by atoms with Gasteiger partial charge in [0.2, 0.25) is 5.91 Å². The van der Waals surface area contributed by atoms with Crippen molar-refractivity contribution < 1.29 is 14.3 Å². The number of nitrogens with zero attached hydrogens (tertiary/aromatic N) is 1. The van der Waals surface area contributed by atoms with Gasteiger partial charge in [0.05, 0.1) is 19.8 Å². The van der Waals surface area contributed by atoms with Crippen LogP contribution in [0.5, 0.6) is 0 Å². The van der Waals surface area contributed by atoms with Gasteiger partial charge < -0.3 is 19.8 Å². The SMILES string of the molecule is CCOCCOCc1cccc(NC(=O)CCc2c(C)[nH]c(=O)c(C#N)c2C)c1. The highest BCUT2D eigenvalue weighted by molar-refractivity contribution is 5.90. The maximum Gasteiger partial charge on any atom is 0.266 e. The Morgan fingerprint density at radius 2 is 2.00 bits per heavy atom. The van der Waals surface area contributed by atoms with Crippen molar-refractivity contribution in [2.24, 2.45) is 0 Å². The highest BCUT2D eigenvalue weighted by Crippen LogP contribution is 2.16. The van der Waals surface area contributed by atoms with Crippen molar-refractivity contribution in [2.45, 2.75) is 40.2 Å². The van der Waals surface area contributed by atoms with Gasteiger partial charge in [0.1, 0.15) is 11.6 Å². The second-order valence-corrected chi connectivity index (χ2v) is 6.67. The summed E-state index contributed by atoms with van der Waals surface area (Å²) in [6.07, 6.45) is 0.683. The molecule has 0 saturated carbocycles. The molecule has 1 amide bonds. The van der Waals surface area contributed by atoms with Crippen LogP contribution < -0.4 is 10.9 Å². The molecule has 0 aliphatic carbocycles. The first-order valence-electron chi connectivity index (χ1n) is 9.63. The van der Waals surface area contributed by atoms with E-state index in [9.17, 15) is 9.59 Å². The molecular formula is C22H27N3O4. The highest BCUT2D eigenvalue weighted by atomic mass is 16.5. The number of nitriles is 1. The Morgan fingerprint density at radius 3 is 2.72 bits per heavy atom. The van der Waals surface area contributed by atoms with Crippen LogP contribution in [0.3, 0.4) is 0 Å².